The zero-order valence-corrected chi connectivity index (χ0v) is 15.3. The number of rotatable bonds is 5. The lowest BCUT2D eigenvalue weighted by molar-refractivity contribution is -1.03. The van der Waals surface area contributed by atoms with E-state index in [2.05, 4.69) is 46.6 Å². The lowest BCUT2D eigenvalue weighted by atomic mass is 10.1. The van der Waals surface area contributed by atoms with Crippen LogP contribution in [0.1, 0.15) is 11.1 Å². The Hall–Kier alpha value is -2.09. The Bertz CT molecular complexity index is 805. The number of thiophene rings is 1. The van der Waals surface area contributed by atoms with Crippen molar-refractivity contribution in [1.29, 1.82) is 0 Å². The molecule has 1 aliphatic heterocycles. The van der Waals surface area contributed by atoms with E-state index < -0.39 is 0 Å². The van der Waals surface area contributed by atoms with Gasteiger partial charge in [0.05, 0.1) is 4.88 Å². The molecular weight excluding hydrogens is 332 g/mol. The van der Waals surface area contributed by atoms with Crippen molar-refractivity contribution in [3.05, 3.63) is 52.9 Å². The molecule has 25 heavy (non-hydrogen) atoms. The number of quaternary nitrogens is 2. The van der Waals surface area contributed by atoms with E-state index in [1.54, 1.807) is 21.0 Å². The normalized spacial score (nSPS) is 20.7. The molecule has 6 nitrogen and oxygen atoms in total. The van der Waals surface area contributed by atoms with Gasteiger partial charge in [0.25, 0.3) is 0 Å². The van der Waals surface area contributed by atoms with E-state index in [4.69, 9.17) is 0 Å². The van der Waals surface area contributed by atoms with Gasteiger partial charge >= 0.3 is 0 Å². The van der Waals surface area contributed by atoms with Crippen LogP contribution in [0.15, 0.2) is 41.8 Å². The largest absolute Gasteiger partial charge is 0.322 e. The molecule has 1 aliphatic rings. The van der Waals surface area contributed by atoms with Gasteiger partial charge in [-0.15, -0.1) is 26.3 Å². The smallest absolute Gasteiger partial charge is 0.215 e. The predicted molar refractivity (Wildman–Crippen MR) is 97.4 cm³/mol. The summed E-state index contributed by atoms with van der Waals surface area (Å²) >= 11 is 1.65. The highest BCUT2D eigenvalue weighted by Crippen LogP contribution is 2.19. The van der Waals surface area contributed by atoms with E-state index in [-0.39, 0.29) is 0 Å². The molecule has 4 rings (SSSR count). The average molecular weight is 356 g/mol. The SMILES string of the molecule is Cc1ccccc1C[NH+]1CC[NH+](Cn2nnc(-c3cccs3)n2)CC1. The second-order valence-corrected chi connectivity index (χ2v) is 7.67. The summed E-state index contributed by atoms with van der Waals surface area (Å²) in [5, 5.41) is 15.0. The number of aryl methyl sites for hydroxylation is 1. The van der Waals surface area contributed by atoms with Gasteiger partial charge in [0, 0.05) is 5.56 Å². The van der Waals surface area contributed by atoms with E-state index in [1.807, 2.05) is 17.5 Å². The first-order valence-electron chi connectivity index (χ1n) is 8.81. The molecule has 0 aliphatic carbocycles. The lowest BCUT2D eigenvalue weighted by Crippen LogP contribution is -3.27. The summed E-state index contributed by atoms with van der Waals surface area (Å²) in [4.78, 5) is 6.03. The van der Waals surface area contributed by atoms with E-state index >= 15 is 0 Å². The van der Waals surface area contributed by atoms with Crippen LogP contribution >= 0.6 is 11.3 Å². The topological polar surface area (TPSA) is 52.5 Å². The molecule has 2 aromatic heterocycles. The summed E-state index contributed by atoms with van der Waals surface area (Å²) < 4.78 is 0. The summed E-state index contributed by atoms with van der Waals surface area (Å²) in [5.74, 6) is 0.734. The highest BCUT2D eigenvalue weighted by atomic mass is 32.1. The molecule has 1 aromatic carbocycles. The van der Waals surface area contributed by atoms with Crippen molar-refractivity contribution in [3.63, 3.8) is 0 Å². The second kappa shape index (κ2) is 7.43. The Balaban J connectivity index is 1.30. The minimum Gasteiger partial charge on any atom is -0.322 e. The molecule has 130 valence electrons. The van der Waals surface area contributed by atoms with E-state index in [9.17, 15) is 0 Å². The second-order valence-electron chi connectivity index (χ2n) is 6.72. The van der Waals surface area contributed by atoms with Gasteiger partial charge in [0.1, 0.15) is 32.7 Å². The first-order valence-corrected chi connectivity index (χ1v) is 9.69. The Kier molecular flexibility index (Phi) is 4.87. The summed E-state index contributed by atoms with van der Waals surface area (Å²) in [6, 6.07) is 12.8. The van der Waals surface area contributed by atoms with Crippen LogP contribution < -0.4 is 9.80 Å². The molecular formula is C18H24N6S+2. The fourth-order valence-electron chi connectivity index (χ4n) is 3.38. The Morgan fingerprint density at radius 2 is 1.84 bits per heavy atom. The Morgan fingerprint density at radius 1 is 1.04 bits per heavy atom. The highest BCUT2D eigenvalue weighted by molar-refractivity contribution is 7.13. The maximum atomic E-state index is 4.52. The third kappa shape index (κ3) is 3.95. The molecule has 0 unspecified atom stereocenters. The third-order valence-corrected chi connectivity index (χ3v) is 5.79. The van der Waals surface area contributed by atoms with Crippen molar-refractivity contribution in [2.75, 3.05) is 26.2 Å². The minimum atomic E-state index is 0.734. The lowest BCUT2D eigenvalue weighted by Gasteiger charge is -2.29. The van der Waals surface area contributed by atoms with Gasteiger partial charge in [-0.3, -0.25) is 0 Å². The van der Waals surface area contributed by atoms with Crippen LogP contribution in [0, 0.1) is 6.92 Å². The molecule has 0 bridgehead atoms. The van der Waals surface area contributed by atoms with E-state index in [1.165, 1.54) is 29.1 Å². The standard InChI is InChI=1S/C18H22N6S/c1-15-5-2-3-6-16(15)13-22-8-10-23(11-9-22)14-24-20-18(19-21-24)17-7-4-12-25-17/h2-7,12H,8-11,13-14H2,1H3/p+2. The van der Waals surface area contributed by atoms with Crippen molar-refractivity contribution in [2.45, 2.75) is 20.1 Å². The van der Waals surface area contributed by atoms with Crippen molar-refractivity contribution >= 4 is 11.3 Å². The minimum absolute atomic E-state index is 0.734. The van der Waals surface area contributed by atoms with Gasteiger partial charge in [-0.1, -0.05) is 30.3 Å². The summed E-state index contributed by atoms with van der Waals surface area (Å²) in [7, 11) is 0. The number of aromatic nitrogens is 4. The molecule has 1 saturated heterocycles. The summed E-state index contributed by atoms with van der Waals surface area (Å²) in [6.07, 6.45) is 0. The molecule has 0 atom stereocenters. The molecule has 3 heterocycles. The zero-order chi connectivity index (χ0) is 17.1. The number of hydrogen-bond acceptors (Lipinski definition) is 4. The van der Waals surface area contributed by atoms with E-state index in [0.29, 0.717) is 0 Å². The van der Waals surface area contributed by atoms with Crippen molar-refractivity contribution < 1.29 is 9.80 Å². The monoisotopic (exact) mass is 356 g/mol. The van der Waals surface area contributed by atoms with Gasteiger partial charge in [0.2, 0.25) is 5.82 Å². The highest BCUT2D eigenvalue weighted by Gasteiger charge is 2.24. The van der Waals surface area contributed by atoms with Gasteiger partial charge in [-0.25, -0.2) is 0 Å². The molecule has 0 saturated carbocycles. The molecule has 2 N–H and O–H groups in total. The predicted octanol–water partition coefficient (Wildman–Crippen LogP) is -0.349. The van der Waals surface area contributed by atoms with Crippen molar-refractivity contribution in [1.82, 2.24) is 20.2 Å². The molecule has 3 aromatic rings. The fraction of sp³-hybridized carbons (Fsp3) is 0.389. The van der Waals surface area contributed by atoms with Crippen LogP contribution in [0.3, 0.4) is 0 Å². The van der Waals surface area contributed by atoms with Gasteiger partial charge in [-0.2, -0.15) is 0 Å². The molecule has 0 amide bonds. The Morgan fingerprint density at radius 3 is 2.60 bits per heavy atom. The molecule has 0 radical (unpaired) electrons. The van der Waals surface area contributed by atoms with Crippen LogP contribution in [0.5, 0.6) is 0 Å². The van der Waals surface area contributed by atoms with Crippen molar-refractivity contribution in [3.8, 4) is 10.7 Å². The molecule has 0 spiro atoms. The quantitative estimate of drug-likeness (QED) is 0.657. The molecule has 1 fully saturated rings. The van der Waals surface area contributed by atoms with Crippen molar-refractivity contribution in [2.24, 2.45) is 0 Å². The zero-order valence-electron chi connectivity index (χ0n) is 14.5. The van der Waals surface area contributed by atoms with Gasteiger partial charge in [-0.05, 0) is 29.1 Å². The number of nitrogens with zero attached hydrogens (tertiary/aromatic N) is 4. The van der Waals surface area contributed by atoms with E-state index in [0.717, 1.165) is 37.0 Å². The van der Waals surface area contributed by atoms with Crippen LogP contribution in [0.4, 0.5) is 0 Å². The first-order chi connectivity index (χ1) is 12.3. The third-order valence-electron chi connectivity index (χ3n) is 4.93. The number of piperazine rings is 1. The summed E-state index contributed by atoms with van der Waals surface area (Å²) in [6.45, 7) is 8.82. The van der Waals surface area contributed by atoms with Gasteiger partial charge in [0.15, 0.2) is 6.67 Å². The molecule has 7 heteroatoms. The number of nitrogens with one attached hydrogen (secondary N) is 2. The Labute approximate surface area is 151 Å². The van der Waals surface area contributed by atoms with Crippen LogP contribution in [0.2, 0.25) is 0 Å². The van der Waals surface area contributed by atoms with Crippen LogP contribution in [-0.4, -0.2) is 46.4 Å². The maximum Gasteiger partial charge on any atom is 0.215 e. The maximum absolute atomic E-state index is 4.52. The first kappa shape index (κ1) is 16.4. The number of tetrazole rings is 1. The van der Waals surface area contributed by atoms with Crippen LogP contribution in [0.25, 0.3) is 10.7 Å². The number of hydrogen-bond donors (Lipinski definition) is 2. The van der Waals surface area contributed by atoms with Gasteiger partial charge < -0.3 is 9.80 Å². The van der Waals surface area contributed by atoms with Crippen LogP contribution in [-0.2, 0) is 13.2 Å². The number of benzene rings is 1. The average Bonchev–Trinajstić information content (AvgIpc) is 3.30. The summed E-state index contributed by atoms with van der Waals surface area (Å²) in [5.41, 5.74) is 2.87. The fourth-order valence-corrected chi connectivity index (χ4v) is 4.03.